The molecule has 0 bridgehead atoms. The van der Waals surface area contributed by atoms with E-state index in [-0.39, 0.29) is 0 Å². The van der Waals surface area contributed by atoms with Crippen LogP contribution < -0.4 is 11.1 Å². The van der Waals surface area contributed by atoms with Crippen molar-refractivity contribution in [3.05, 3.63) is 16.0 Å². The average molecular weight is 283 g/mol. The lowest BCUT2D eigenvalue weighted by molar-refractivity contribution is -0.105. The zero-order chi connectivity index (χ0) is 13.8. The second-order valence-corrected chi connectivity index (χ2v) is 5.47. The molecule has 19 heavy (non-hydrogen) atoms. The number of amides is 2. The van der Waals surface area contributed by atoms with Crippen LogP contribution in [0.1, 0.15) is 20.8 Å². The lowest BCUT2D eigenvalue weighted by Crippen LogP contribution is -2.35. The molecule has 0 saturated carbocycles. The molecule has 2 rings (SSSR count). The molecule has 0 aromatic carbocycles. The highest BCUT2D eigenvalue weighted by atomic mass is 32.1. The normalized spacial score (nSPS) is 16.3. The van der Waals surface area contributed by atoms with Crippen molar-refractivity contribution < 1.29 is 14.3 Å². The summed E-state index contributed by atoms with van der Waals surface area (Å²) < 4.78 is 5.30. The largest absolute Gasteiger partial charge is 0.379 e. The van der Waals surface area contributed by atoms with Crippen LogP contribution in [-0.2, 0) is 16.1 Å². The number of nitrogens with two attached hydrogens (primary N) is 1. The van der Waals surface area contributed by atoms with Crippen molar-refractivity contribution in [3.8, 4) is 0 Å². The summed E-state index contributed by atoms with van der Waals surface area (Å²) in [4.78, 5) is 25.4. The summed E-state index contributed by atoms with van der Waals surface area (Å²) in [5.41, 5.74) is 6.64. The minimum Gasteiger partial charge on any atom is -0.379 e. The Morgan fingerprint density at radius 2 is 2.21 bits per heavy atom. The minimum atomic E-state index is -0.508. The predicted octanol–water partition coefficient (Wildman–Crippen LogP) is 0.556. The van der Waals surface area contributed by atoms with Crippen LogP contribution in [0, 0.1) is 6.92 Å². The molecular formula is C12H17N3O3S. The van der Waals surface area contributed by atoms with Gasteiger partial charge in [-0.15, -0.1) is 11.3 Å². The Balaban J connectivity index is 2.22. The van der Waals surface area contributed by atoms with E-state index in [9.17, 15) is 9.59 Å². The van der Waals surface area contributed by atoms with Crippen LogP contribution in [0.3, 0.4) is 0 Å². The molecule has 1 saturated heterocycles. The molecule has 1 aromatic heterocycles. The number of anilines is 1. The Kier molecular flexibility index (Phi) is 4.52. The summed E-state index contributed by atoms with van der Waals surface area (Å²) in [6, 6.07) is 0. The molecule has 3 N–H and O–H groups in total. The van der Waals surface area contributed by atoms with Gasteiger partial charge in [-0.3, -0.25) is 14.5 Å². The number of primary amides is 1. The summed E-state index contributed by atoms with van der Waals surface area (Å²) >= 11 is 1.41. The molecule has 2 heterocycles. The van der Waals surface area contributed by atoms with E-state index in [1.807, 2.05) is 6.92 Å². The number of hydrogen-bond donors (Lipinski definition) is 2. The third kappa shape index (κ3) is 3.12. The number of carbonyl (C=O) groups excluding carboxylic acids is 2. The molecule has 0 aliphatic carbocycles. The van der Waals surface area contributed by atoms with Crippen molar-refractivity contribution in [2.24, 2.45) is 5.73 Å². The number of morpholine rings is 1. The number of nitrogens with one attached hydrogen (secondary N) is 1. The molecule has 6 nitrogen and oxygen atoms in total. The Labute approximate surface area is 115 Å². The molecule has 1 aliphatic rings. The van der Waals surface area contributed by atoms with Crippen LogP contribution in [0.15, 0.2) is 0 Å². The fourth-order valence-corrected chi connectivity index (χ4v) is 3.34. The van der Waals surface area contributed by atoms with Crippen LogP contribution in [0.4, 0.5) is 5.00 Å². The van der Waals surface area contributed by atoms with Gasteiger partial charge in [0, 0.05) is 24.5 Å². The Morgan fingerprint density at radius 1 is 1.53 bits per heavy atom. The first kappa shape index (κ1) is 14.0. The third-order valence-corrected chi connectivity index (χ3v) is 4.36. The maximum atomic E-state index is 11.5. The first-order valence-electron chi connectivity index (χ1n) is 6.06. The van der Waals surface area contributed by atoms with E-state index in [0.29, 0.717) is 17.0 Å². The lowest BCUT2D eigenvalue weighted by atomic mass is 10.1. The van der Waals surface area contributed by atoms with Crippen molar-refractivity contribution in [1.82, 2.24) is 4.90 Å². The molecule has 0 radical (unpaired) electrons. The summed E-state index contributed by atoms with van der Waals surface area (Å²) in [5, 5.41) is 3.08. The quantitative estimate of drug-likeness (QED) is 0.773. The van der Waals surface area contributed by atoms with Crippen molar-refractivity contribution >= 4 is 28.7 Å². The number of carbonyl (C=O) groups is 2. The van der Waals surface area contributed by atoms with E-state index in [1.165, 1.54) is 11.3 Å². The second-order valence-electron chi connectivity index (χ2n) is 4.37. The fraction of sp³-hybridized carbons (Fsp3) is 0.500. The van der Waals surface area contributed by atoms with Gasteiger partial charge in [-0.05, 0) is 12.5 Å². The van der Waals surface area contributed by atoms with Crippen molar-refractivity contribution in [3.63, 3.8) is 0 Å². The standard InChI is InChI=1S/C12H17N3O3S/c1-8-9(6-15-2-4-18-5-3-15)19-12(14-7-16)10(8)11(13)17/h7H,2-6H2,1H3,(H2,13,17)(H,14,16). The molecule has 2 amide bonds. The van der Waals surface area contributed by atoms with Gasteiger partial charge in [0.2, 0.25) is 6.41 Å². The first-order valence-corrected chi connectivity index (χ1v) is 6.87. The van der Waals surface area contributed by atoms with E-state index in [0.717, 1.165) is 43.3 Å². The highest BCUT2D eigenvalue weighted by molar-refractivity contribution is 7.16. The van der Waals surface area contributed by atoms with Crippen LogP contribution >= 0.6 is 11.3 Å². The van der Waals surface area contributed by atoms with Gasteiger partial charge in [0.05, 0.1) is 18.8 Å². The van der Waals surface area contributed by atoms with Crippen molar-refractivity contribution in [2.75, 3.05) is 31.6 Å². The van der Waals surface area contributed by atoms with Gasteiger partial charge in [0.1, 0.15) is 5.00 Å². The molecule has 1 aromatic rings. The van der Waals surface area contributed by atoms with Gasteiger partial charge in [0.15, 0.2) is 0 Å². The van der Waals surface area contributed by atoms with Gasteiger partial charge >= 0.3 is 0 Å². The van der Waals surface area contributed by atoms with Crippen LogP contribution in [0.25, 0.3) is 0 Å². The smallest absolute Gasteiger partial charge is 0.251 e. The molecule has 1 fully saturated rings. The van der Waals surface area contributed by atoms with Gasteiger partial charge in [-0.1, -0.05) is 0 Å². The Bertz CT molecular complexity index is 481. The SMILES string of the molecule is Cc1c(CN2CCOCC2)sc(NC=O)c1C(N)=O. The van der Waals surface area contributed by atoms with E-state index in [1.54, 1.807) is 0 Å². The zero-order valence-electron chi connectivity index (χ0n) is 10.8. The van der Waals surface area contributed by atoms with E-state index in [2.05, 4.69) is 10.2 Å². The van der Waals surface area contributed by atoms with E-state index >= 15 is 0 Å². The molecular weight excluding hydrogens is 266 g/mol. The highest BCUT2D eigenvalue weighted by Gasteiger charge is 2.21. The molecule has 0 atom stereocenters. The maximum Gasteiger partial charge on any atom is 0.251 e. The first-order chi connectivity index (χ1) is 9.13. The Morgan fingerprint density at radius 3 is 2.79 bits per heavy atom. The molecule has 0 unspecified atom stereocenters. The van der Waals surface area contributed by atoms with Gasteiger partial charge in [-0.25, -0.2) is 0 Å². The number of rotatable bonds is 5. The van der Waals surface area contributed by atoms with Gasteiger partial charge in [-0.2, -0.15) is 0 Å². The summed E-state index contributed by atoms with van der Waals surface area (Å²) in [6.07, 6.45) is 0.566. The average Bonchev–Trinajstić information content (AvgIpc) is 2.68. The van der Waals surface area contributed by atoms with Crippen LogP contribution in [-0.4, -0.2) is 43.5 Å². The van der Waals surface area contributed by atoms with Crippen LogP contribution in [0.5, 0.6) is 0 Å². The second kappa shape index (κ2) is 6.14. The Hall–Kier alpha value is -1.44. The number of ether oxygens (including phenoxy) is 1. The number of thiophene rings is 1. The number of nitrogens with zero attached hydrogens (tertiary/aromatic N) is 1. The maximum absolute atomic E-state index is 11.5. The molecule has 1 aliphatic heterocycles. The van der Waals surface area contributed by atoms with Crippen molar-refractivity contribution in [1.29, 1.82) is 0 Å². The minimum absolute atomic E-state index is 0.417. The molecule has 104 valence electrons. The van der Waals surface area contributed by atoms with Crippen LogP contribution in [0.2, 0.25) is 0 Å². The van der Waals surface area contributed by atoms with Gasteiger partial charge in [0.25, 0.3) is 5.91 Å². The summed E-state index contributed by atoms with van der Waals surface area (Å²) in [6.45, 7) is 5.82. The highest BCUT2D eigenvalue weighted by Crippen LogP contribution is 2.33. The zero-order valence-corrected chi connectivity index (χ0v) is 11.6. The topological polar surface area (TPSA) is 84.7 Å². The molecule has 0 spiro atoms. The lowest BCUT2D eigenvalue weighted by Gasteiger charge is -2.26. The fourth-order valence-electron chi connectivity index (χ4n) is 2.13. The summed E-state index contributed by atoms with van der Waals surface area (Å²) in [5.74, 6) is -0.508. The third-order valence-electron chi connectivity index (χ3n) is 3.15. The van der Waals surface area contributed by atoms with Crippen molar-refractivity contribution in [2.45, 2.75) is 13.5 Å². The predicted molar refractivity (Wildman–Crippen MR) is 73.4 cm³/mol. The monoisotopic (exact) mass is 283 g/mol. The molecule has 7 heteroatoms. The summed E-state index contributed by atoms with van der Waals surface area (Å²) in [7, 11) is 0. The number of hydrogen-bond acceptors (Lipinski definition) is 5. The van der Waals surface area contributed by atoms with E-state index in [4.69, 9.17) is 10.5 Å². The van der Waals surface area contributed by atoms with Gasteiger partial charge < -0.3 is 15.8 Å². The van der Waals surface area contributed by atoms with E-state index < -0.39 is 5.91 Å².